The Labute approximate surface area is 116 Å². The smallest absolute Gasteiger partial charge is 0.0900 e. The number of hydrogen-bond donors (Lipinski definition) is 2. The van der Waals surface area contributed by atoms with Crippen LogP contribution in [0.4, 0.5) is 0 Å². The summed E-state index contributed by atoms with van der Waals surface area (Å²) in [7, 11) is 0. The van der Waals surface area contributed by atoms with Crippen molar-refractivity contribution >= 4 is 22.7 Å². The van der Waals surface area contributed by atoms with Crippen LogP contribution in [0.1, 0.15) is 39.5 Å². The number of thiazole rings is 1. The zero-order valence-electron chi connectivity index (χ0n) is 10.9. The van der Waals surface area contributed by atoms with E-state index in [2.05, 4.69) is 35.6 Å². The SMILES string of the molecule is Cc1nc(C)c(C(C)NCC(N)c2cccs2)s1. The zero-order valence-corrected chi connectivity index (χ0v) is 12.6. The summed E-state index contributed by atoms with van der Waals surface area (Å²) in [6.07, 6.45) is 0. The summed E-state index contributed by atoms with van der Waals surface area (Å²) in [6.45, 7) is 7.07. The first-order valence-electron chi connectivity index (χ1n) is 6.04. The molecule has 2 rings (SSSR count). The fourth-order valence-corrected chi connectivity index (χ4v) is 3.63. The van der Waals surface area contributed by atoms with Crippen molar-refractivity contribution < 1.29 is 0 Å². The molecular weight excluding hydrogens is 262 g/mol. The minimum atomic E-state index is 0.0711. The Balaban J connectivity index is 1.92. The van der Waals surface area contributed by atoms with Gasteiger partial charge in [0.15, 0.2) is 0 Å². The summed E-state index contributed by atoms with van der Waals surface area (Å²) < 4.78 is 0. The molecule has 0 bridgehead atoms. The molecule has 0 amide bonds. The van der Waals surface area contributed by atoms with E-state index in [4.69, 9.17) is 5.73 Å². The third kappa shape index (κ3) is 3.17. The lowest BCUT2D eigenvalue weighted by molar-refractivity contribution is 0.534. The number of nitrogens with one attached hydrogen (secondary N) is 1. The van der Waals surface area contributed by atoms with Gasteiger partial charge in [0.1, 0.15) is 0 Å². The largest absolute Gasteiger partial charge is 0.322 e. The molecule has 2 heterocycles. The van der Waals surface area contributed by atoms with Crippen molar-refractivity contribution in [3.8, 4) is 0 Å². The second-order valence-electron chi connectivity index (χ2n) is 4.43. The van der Waals surface area contributed by atoms with Crippen LogP contribution in [-0.2, 0) is 0 Å². The van der Waals surface area contributed by atoms with Crippen LogP contribution >= 0.6 is 22.7 Å². The highest BCUT2D eigenvalue weighted by Gasteiger charge is 2.14. The van der Waals surface area contributed by atoms with Crippen LogP contribution in [0.2, 0.25) is 0 Å². The third-order valence-electron chi connectivity index (χ3n) is 2.89. The van der Waals surface area contributed by atoms with Gasteiger partial charge < -0.3 is 11.1 Å². The maximum Gasteiger partial charge on any atom is 0.0900 e. The van der Waals surface area contributed by atoms with E-state index in [0.29, 0.717) is 6.04 Å². The number of aromatic nitrogens is 1. The van der Waals surface area contributed by atoms with Gasteiger partial charge in [-0.1, -0.05) is 6.07 Å². The Morgan fingerprint density at radius 3 is 2.78 bits per heavy atom. The van der Waals surface area contributed by atoms with Crippen molar-refractivity contribution in [3.05, 3.63) is 38.0 Å². The van der Waals surface area contributed by atoms with Crippen LogP contribution in [0.25, 0.3) is 0 Å². The summed E-state index contributed by atoms with van der Waals surface area (Å²) >= 11 is 3.47. The Morgan fingerprint density at radius 1 is 1.44 bits per heavy atom. The van der Waals surface area contributed by atoms with Crippen molar-refractivity contribution in [2.75, 3.05) is 6.54 Å². The highest BCUT2D eigenvalue weighted by molar-refractivity contribution is 7.11. The Morgan fingerprint density at radius 2 is 2.22 bits per heavy atom. The number of hydrogen-bond acceptors (Lipinski definition) is 5. The van der Waals surface area contributed by atoms with Gasteiger partial charge in [0.25, 0.3) is 0 Å². The molecule has 0 aliphatic carbocycles. The first-order valence-corrected chi connectivity index (χ1v) is 7.74. The van der Waals surface area contributed by atoms with Gasteiger partial charge in [-0.3, -0.25) is 0 Å². The topological polar surface area (TPSA) is 50.9 Å². The van der Waals surface area contributed by atoms with Gasteiger partial charge in [0.2, 0.25) is 0 Å². The molecule has 0 radical (unpaired) electrons. The van der Waals surface area contributed by atoms with Crippen LogP contribution in [-0.4, -0.2) is 11.5 Å². The summed E-state index contributed by atoms with van der Waals surface area (Å²) in [4.78, 5) is 7.00. The Hall–Kier alpha value is -0.750. The third-order valence-corrected chi connectivity index (χ3v) is 5.15. The molecule has 3 nitrogen and oxygen atoms in total. The average Bonchev–Trinajstić information content (AvgIpc) is 2.95. The Kier molecular flexibility index (Phi) is 4.50. The van der Waals surface area contributed by atoms with E-state index in [1.54, 1.807) is 22.7 Å². The summed E-state index contributed by atoms with van der Waals surface area (Å²) in [5.41, 5.74) is 7.27. The normalized spacial score (nSPS) is 14.7. The van der Waals surface area contributed by atoms with Crippen molar-refractivity contribution in [2.24, 2.45) is 5.73 Å². The highest BCUT2D eigenvalue weighted by atomic mass is 32.1. The second-order valence-corrected chi connectivity index (χ2v) is 6.65. The predicted molar refractivity (Wildman–Crippen MR) is 79.3 cm³/mol. The molecule has 2 aromatic rings. The number of rotatable bonds is 5. The van der Waals surface area contributed by atoms with Crippen molar-refractivity contribution in [1.82, 2.24) is 10.3 Å². The van der Waals surface area contributed by atoms with Gasteiger partial charge in [-0.15, -0.1) is 22.7 Å². The van der Waals surface area contributed by atoms with E-state index in [-0.39, 0.29) is 6.04 Å². The van der Waals surface area contributed by atoms with Gasteiger partial charge in [-0.05, 0) is 32.2 Å². The number of thiophene rings is 1. The van der Waals surface area contributed by atoms with E-state index in [1.807, 2.05) is 13.0 Å². The molecule has 0 aromatic carbocycles. The summed E-state index contributed by atoms with van der Waals surface area (Å²) in [5, 5.41) is 6.68. The fourth-order valence-electron chi connectivity index (χ4n) is 1.95. The molecular formula is C13H19N3S2. The first-order chi connectivity index (χ1) is 8.58. The van der Waals surface area contributed by atoms with Gasteiger partial charge >= 0.3 is 0 Å². The van der Waals surface area contributed by atoms with Crippen LogP contribution < -0.4 is 11.1 Å². The van der Waals surface area contributed by atoms with Gasteiger partial charge in [-0.25, -0.2) is 4.98 Å². The van der Waals surface area contributed by atoms with E-state index >= 15 is 0 Å². The molecule has 98 valence electrons. The second kappa shape index (κ2) is 5.93. The molecule has 0 spiro atoms. The van der Waals surface area contributed by atoms with Crippen molar-refractivity contribution in [1.29, 1.82) is 0 Å². The average molecular weight is 281 g/mol. The molecule has 0 aliphatic heterocycles. The predicted octanol–water partition coefficient (Wildman–Crippen LogP) is 3.17. The quantitative estimate of drug-likeness (QED) is 0.885. The van der Waals surface area contributed by atoms with Gasteiger partial charge in [-0.2, -0.15) is 0 Å². The van der Waals surface area contributed by atoms with Crippen LogP contribution in [0.3, 0.4) is 0 Å². The lowest BCUT2D eigenvalue weighted by atomic mass is 10.2. The molecule has 0 aliphatic rings. The van der Waals surface area contributed by atoms with Crippen molar-refractivity contribution in [3.63, 3.8) is 0 Å². The first kappa shape index (κ1) is 13.7. The molecule has 0 saturated heterocycles. The van der Waals surface area contributed by atoms with Gasteiger partial charge in [0, 0.05) is 22.3 Å². The summed E-state index contributed by atoms with van der Waals surface area (Å²) in [6, 6.07) is 4.51. The van der Waals surface area contributed by atoms with E-state index in [0.717, 1.165) is 17.2 Å². The fraction of sp³-hybridized carbons (Fsp3) is 0.462. The zero-order chi connectivity index (χ0) is 13.1. The standard InChI is InChI=1S/C13H19N3S2/c1-8(13-9(2)16-10(3)18-13)15-7-11(14)12-5-4-6-17-12/h4-6,8,11,15H,7,14H2,1-3H3. The summed E-state index contributed by atoms with van der Waals surface area (Å²) in [5.74, 6) is 0. The number of aryl methyl sites for hydroxylation is 2. The van der Waals surface area contributed by atoms with Crippen molar-refractivity contribution in [2.45, 2.75) is 32.9 Å². The van der Waals surface area contributed by atoms with E-state index in [9.17, 15) is 0 Å². The lowest BCUT2D eigenvalue weighted by Gasteiger charge is -2.16. The van der Waals surface area contributed by atoms with Crippen LogP contribution in [0.5, 0.6) is 0 Å². The molecule has 2 aromatic heterocycles. The molecule has 0 saturated carbocycles. The molecule has 5 heteroatoms. The number of nitrogens with two attached hydrogens (primary N) is 1. The number of nitrogens with zero attached hydrogens (tertiary/aromatic N) is 1. The molecule has 18 heavy (non-hydrogen) atoms. The van der Waals surface area contributed by atoms with E-state index < -0.39 is 0 Å². The molecule has 0 fully saturated rings. The maximum absolute atomic E-state index is 6.14. The maximum atomic E-state index is 6.14. The Bertz CT molecular complexity index is 490. The monoisotopic (exact) mass is 281 g/mol. The van der Waals surface area contributed by atoms with Gasteiger partial charge in [0.05, 0.1) is 16.7 Å². The highest BCUT2D eigenvalue weighted by Crippen LogP contribution is 2.25. The molecule has 3 N–H and O–H groups in total. The lowest BCUT2D eigenvalue weighted by Crippen LogP contribution is -2.28. The molecule has 2 unspecified atom stereocenters. The van der Waals surface area contributed by atoms with Crippen LogP contribution in [0, 0.1) is 13.8 Å². The minimum absolute atomic E-state index is 0.0711. The minimum Gasteiger partial charge on any atom is -0.322 e. The van der Waals surface area contributed by atoms with E-state index in [1.165, 1.54) is 9.75 Å². The molecule has 2 atom stereocenters. The van der Waals surface area contributed by atoms with Crippen LogP contribution in [0.15, 0.2) is 17.5 Å².